The zero-order valence-corrected chi connectivity index (χ0v) is 9.09. The molecular weight excluding hydrogens is 214 g/mol. The second-order valence-electron chi connectivity index (χ2n) is 4.69. The molecule has 12 heavy (non-hydrogen) atoms. The summed E-state index contributed by atoms with van der Waals surface area (Å²) in [6.07, 6.45) is 6.90. The van der Waals surface area contributed by atoms with Gasteiger partial charge in [0.15, 0.2) is 0 Å². The Morgan fingerprint density at radius 1 is 1.00 bits per heavy atom. The van der Waals surface area contributed by atoms with E-state index in [-0.39, 0.29) is 0 Å². The summed E-state index contributed by atoms with van der Waals surface area (Å²) in [5.41, 5.74) is 6.00. The quantitative estimate of drug-likeness (QED) is 0.691. The summed E-state index contributed by atoms with van der Waals surface area (Å²) in [6.45, 7) is 0. The van der Waals surface area contributed by atoms with Crippen molar-refractivity contribution in [1.82, 2.24) is 0 Å². The predicted octanol–water partition coefficient (Wildman–Crippen LogP) is 2.53. The second kappa shape index (κ2) is 3.67. The van der Waals surface area contributed by atoms with Crippen LogP contribution in [0.2, 0.25) is 0 Å². The predicted molar refractivity (Wildman–Crippen MR) is 55.3 cm³/mol. The molecule has 1 nitrogen and oxygen atoms in total. The van der Waals surface area contributed by atoms with Gasteiger partial charge in [-0.15, -0.1) is 0 Å². The van der Waals surface area contributed by atoms with E-state index < -0.39 is 0 Å². The summed E-state index contributed by atoms with van der Waals surface area (Å²) < 4.78 is 0. The van der Waals surface area contributed by atoms with Crippen LogP contribution in [0.5, 0.6) is 0 Å². The van der Waals surface area contributed by atoms with Crippen molar-refractivity contribution in [1.29, 1.82) is 0 Å². The van der Waals surface area contributed by atoms with E-state index in [2.05, 4.69) is 15.9 Å². The maximum Gasteiger partial charge on any atom is 0.00598 e. The van der Waals surface area contributed by atoms with Crippen LogP contribution in [0, 0.1) is 17.8 Å². The minimum absolute atomic E-state index is 0.519. The highest BCUT2D eigenvalue weighted by molar-refractivity contribution is 9.09. The number of hydrogen-bond donors (Lipinski definition) is 1. The molecule has 2 atom stereocenters. The van der Waals surface area contributed by atoms with Gasteiger partial charge in [0.05, 0.1) is 0 Å². The van der Waals surface area contributed by atoms with Crippen LogP contribution in [0.25, 0.3) is 0 Å². The fraction of sp³-hybridized carbons (Fsp3) is 1.00. The lowest BCUT2D eigenvalue weighted by atomic mass is 9.67. The van der Waals surface area contributed by atoms with E-state index in [4.69, 9.17) is 5.73 Å². The molecule has 0 aliphatic heterocycles. The topological polar surface area (TPSA) is 26.0 Å². The largest absolute Gasteiger partial charge is 0.328 e. The molecule has 0 radical (unpaired) electrons. The van der Waals surface area contributed by atoms with Crippen molar-refractivity contribution in [3.63, 3.8) is 0 Å². The number of nitrogens with two attached hydrogens (primary N) is 1. The Balaban J connectivity index is 1.96. The lowest BCUT2D eigenvalue weighted by Crippen LogP contribution is -2.38. The Hall–Kier alpha value is 0.440. The minimum atomic E-state index is 0.519. The molecule has 2 rings (SSSR count). The number of alkyl halides is 1. The van der Waals surface area contributed by atoms with Gasteiger partial charge in [-0.25, -0.2) is 0 Å². The fourth-order valence-electron chi connectivity index (χ4n) is 3.17. The first kappa shape index (κ1) is 9.01. The lowest BCUT2D eigenvalue weighted by Gasteiger charge is -2.41. The van der Waals surface area contributed by atoms with Crippen molar-refractivity contribution >= 4 is 15.9 Å². The minimum Gasteiger partial charge on any atom is -0.328 e. The van der Waals surface area contributed by atoms with Crippen LogP contribution in [0.4, 0.5) is 0 Å². The van der Waals surface area contributed by atoms with Gasteiger partial charge in [0, 0.05) is 11.4 Å². The van der Waals surface area contributed by atoms with Gasteiger partial charge >= 0.3 is 0 Å². The smallest absolute Gasteiger partial charge is 0.00598 e. The highest BCUT2D eigenvalue weighted by Crippen LogP contribution is 2.42. The summed E-state index contributed by atoms with van der Waals surface area (Å²) in [4.78, 5) is 0. The summed E-state index contributed by atoms with van der Waals surface area (Å²) in [7, 11) is 0. The molecule has 2 saturated carbocycles. The number of hydrogen-bond acceptors (Lipinski definition) is 1. The fourth-order valence-corrected chi connectivity index (χ4v) is 3.69. The van der Waals surface area contributed by atoms with Gasteiger partial charge in [-0.1, -0.05) is 15.9 Å². The second-order valence-corrected chi connectivity index (χ2v) is 5.34. The lowest BCUT2D eigenvalue weighted by molar-refractivity contribution is 0.134. The summed E-state index contributed by atoms with van der Waals surface area (Å²) in [5, 5.41) is 1.20. The van der Waals surface area contributed by atoms with Gasteiger partial charge in [0.2, 0.25) is 0 Å². The monoisotopic (exact) mass is 231 g/mol. The molecule has 70 valence electrons. The van der Waals surface area contributed by atoms with Crippen molar-refractivity contribution in [2.45, 2.75) is 38.1 Å². The molecule has 0 saturated heterocycles. The highest BCUT2D eigenvalue weighted by atomic mass is 79.9. The Labute approximate surface area is 83.2 Å². The molecule has 2 bridgehead atoms. The summed E-state index contributed by atoms with van der Waals surface area (Å²) in [5.74, 6) is 2.85. The maximum absolute atomic E-state index is 6.00. The molecule has 0 spiro atoms. The average molecular weight is 232 g/mol. The number of rotatable bonds is 1. The normalized spacial score (nSPS) is 47.5. The van der Waals surface area contributed by atoms with Crippen molar-refractivity contribution in [3.05, 3.63) is 0 Å². The van der Waals surface area contributed by atoms with E-state index in [1.165, 1.54) is 37.4 Å². The average Bonchev–Trinajstić information content (AvgIpc) is 2.02. The van der Waals surface area contributed by atoms with E-state index in [0.29, 0.717) is 6.04 Å². The van der Waals surface area contributed by atoms with Crippen molar-refractivity contribution in [3.8, 4) is 0 Å². The first-order valence-corrected chi connectivity index (χ1v) is 6.21. The van der Waals surface area contributed by atoms with Crippen molar-refractivity contribution in [2.75, 3.05) is 5.33 Å². The van der Waals surface area contributed by atoms with E-state index >= 15 is 0 Å². The van der Waals surface area contributed by atoms with E-state index in [9.17, 15) is 0 Å². The van der Waals surface area contributed by atoms with Gasteiger partial charge in [-0.2, -0.15) is 0 Å². The van der Waals surface area contributed by atoms with Crippen LogP contribution < -0.4 is 5.73 Å². The Bertz CT molecular complexity index is 142. The third kappa shape index (κ3) is 1.85. The number of halogens is 1. The first-order valence-electron chi connectivity index (χ1n) is 5.09. The molecule has 2 fully saturated rings. The molecule has 2 heteroatoms. The molecule has 0 aromatic carbocycles. The van der Waals surface area contributed by atoms with Gasteiger partial charge in [-0.3, -0.25) is 0 Å². The molecular formula is C10H18BrN. The molecule has 0 aromatic rings. The van der Waals surface area contributed by atoms with Gasteiger partial charge in [0.1, 0.15) is 0 Å². The molecule has 2 aliphatic carbocycles. The van der Waals surface area contributed by atoms with Gasteiger partial charge in [-0.05, 0) is 49.9 Å². The Morgan fingerprint density at radius 3 is 2.08 bits per heavy atom. The first-order chi connectivity index (χ1) is 5.78. The summed E-state index contributed by atoms with van der Waals surface area (Å²) >= 11 is 3.60. The van der Waals surface area contributed by atoms with Crippen LogP contribution in [-0.2, 0) is 0 Å². The van der Waals surface area contributed by atoms with E-state index in [0.717, 1.165) is 17.8 Å². The molecule has 0 amide bonds. The zero-order chi connectivity index (χ0) is 8.55. The third-order valence-electron chi connectivity index (χ3n) is 3.49. The molecule has 0 heterocycles. The number of fused-ring (bicyclic) bond motifs is 2. The SMILES string of the molecule is NC1CC2CC(CBr)CC(C1)C2. The van der Waals surface area contributed by atoms with Gasteiger partial charge < -0.3 is 5.73 Å². The highest BCUT2D eigenvalue weighted by Gasteiger charge is 2.34. The molecule has 2 unspecified atom stereocenters. The Morgan fingerprint density at radius 2 is 1.58 bits per heavy atom. The Kier molecular flexibility index (Phi) is 2.75. The zero-order valence-electron chi connectivity index (χ0n) is 7.51. The van der Waals surface area contributed by atoms with Crippen LogP contribution >= 0.6 is 15.9 Å². The standard InChI is InChI=1S/C10H18BrN/c11-6-9-2-7-1-8(3-9)5-10(12)4-7/h7-10H,1-6,12H2. The van der Waals surface area contributed by atoms with Crippen LogP contribution in [-0.4, -0.2) is 11.4 Å². The van der Waals surface area contributed by atoms with Crippen LogP contribution in [0.1, 0.15) is 32.1 Å². The van der Waals surface area contributed by atoms with Crippen molar-refractivity contribution in [2.24, 2.45) is 23.5 Å². The van der Waals surface area contributed by atoms with E-state index in [1.807, 2.05) is 0 Å². The van der Waals surface area contributed by atoms with E-state index in [1.54, 1.807) is 0 Å². The third-order valence-corrected chi connectivity index (χ3v) is 4.41. The molecule has 0 aromatic heterocycles. The van der Waals surface area contributed by atoms with Crippen LogP contribution in [0.3, 0.4) is 0 Å². The maximum atomic E-state index is 6.00. The van der Waals surface area contributed by atoms with Gasteiger partial charge in [0.25, 0.3) is 0 Å². The summed E-state index contributed by atoms with van der Waals surface area (Å²) in [6, 6.07) is 0.519. The molecule has 2 N–H and O–H groups in total. The van der Waals surface area contributed by atoms with Crippen molar-refractivity contribution < 1.29 is 0 Å². The van der Waals surface area contributed by atoms with Crippen LogP contribution in [0.15, 0.2) is 0 Å². The molecule has 2 aliphatic rings.